The summed E-state index contributed by atoms with van der Waals surface area (Å²) in [5, 5.41) is 13.6. The summed E-state index contributed by atoms with van der Waals surface area (Å²) in [6.45, 7) is 3.36. The molecule has 0 saturated heterocycles. The van der Waals surface area contributed by atoms with Crippen molar-refractivity contribution in [1.29, 1.82) is 0 Å². The molecule has 1 aliphatic rings. The summed E-state index contributed by atoms with van der Waals surface area (Å²) >= 11 is 0. The molecule has 0 spiro atoms. The number of pyridine rings is 1. The van der Waals surface area contributed by atoms with Crippen LogP contribution in [0.25, 0.3) is 22.2 Å². The van der Waals surface area contributed by atoms with Crippen molar-refractivity contribution in [1.82, 2.24) is 9.55 Å². The van der Waals surface area contributed by atoms with E-state index in [1.165, 1.54) is 12.1 Å². The Hall–Kier alpha value is -3.94. The van der Waals surface area contributed by atoms with Crippen molar-refractivity contribution in [2.24, 2.45) is 0 Å². The number of fused-ring (bicyclic) bond motifs is 2. The zero-order chi connectivity index (χ0) is 23.1. The number of anilines is 1. The van der Waals surface area contributed by atoms with Gasteiger partial charge in [0.2, 0.25) is 0 Å². The molecule has 1 aliphatic heterocycles. The van der Waals surface area contributed by atoms with Crippen molar-refractivity contribution < 1.29 is 23.4 Å². The first-order chi connectivity index (χ1) is 15.9. The van der Waals surface area contributed by atoms with E-state index in [-0.39, 0.29) is 6.42 Å². The Kier molecular flexibility index (Phi) is 5.20. The number of nitrogens with zero attached hydrogens (tertiary/aromatic N) is 2. The molecule has 0 amide bonds. The van der Waals surface area contributed by atoms with Gasteiger partial charge in [0.25, 0.3) is 0 Å². The van der Waals surface area contributed by atoms with Gasteiger partial charge in [-0.05, 0) is 59.5 Å². The fourth-order valence-corrected chi connectivity index (χ4v) is 4.31. The zero-order valence-corrected chi connectivity index (χ0v) is 17.9. The minimum absolute atomic E-state index is 0.167. The summed E-state index contributed by atoms with van der Waals surface area (Å²) in [6.07, 6.45) is 1.66. The Bertz CT molecular complexity index is 1400. The van der Waals surface area contributed by atoms with Crippen LogP contribution < -0.4 is 10.1 Å². The Morgan fingerprint density at radius 2 is 2.03 bits per heavy atom. The predicted octanol–water partition coefficient (Wildman–Crippen LogP) is 4.77. The predicted molar refractivity (Wildman–Crippen MR) is 121 cm³/mol. The molecule has 33 heavy (non-hydrogen) atoms. The lowest BCUT2D eigenvalue weighted by Gasteiger charge is -2.21. The third-order valence-corrected chi connectivity index (χ3v) is 5.82. The van der Waals surface area contributed by atoms with E-state index in [4.69, 9.17) is 4.74 Å². The number of halogens is 2. The van der Waals surface area contributed by atoms with E-state index in [0.29, 0.717) is 42.2 Å². The molecule has 2 aromatic heterocycles. The number of aliphatic carboxylic acids is 1. The van der Waals surface area contributed by atoms with Crippen LogP contribution in [0.2, 0.25) is 0 Å². The average Bonchev–Trinajstić information content (AvgIpc) is 3.18. The van der Waals surface area contributed by atoms with Gasteiger partial charge in [-0.15, -0.1) is 0 Å². The third-order valence-electron chi connectivity index (χ3n) is 5.82. The number of hydrogen-bond donors (Lipinski definition) is 2. The number of carboxylic acids is 1. The number of benzene rings is 2. The monoisotopic (exact) mass is 449 g/mol. The Balaban J connectivity index is 1.67. The van der Waals surface area contributed by atoms with E-state index < -0.39 is 17.6 Å². The minimum atomic E-state index is -0.943. The molecule has 0 atom stereocenters. The smallest absolute Gasteiger partial charge is 0.307 e. The van der Waals surface area contributed by atoms with E-state index in [1.54, 1.807) is 6.92 Å². The fourth-order valence-electron chi connectivity index (χ4n) is 4.31. The van der Waals surface area contributed by atoms with Gasteiger partial charge >= 0.3 is 5.97 Å². The Labute approximate surface area is 188 Å². The van der Waals surface area contributed by atoms with Gasteiger partial charge in [-0.2, -0.15) is 0 Å². The second-order valence-electron chi connectivity index (χ2n) is 8.04. The first-order valence-corrected chi connectivity index (χ1v) is 10.6. The first kappa shape index (κ1) is 20.9. The molecule has 0 fully saturated rings. The molecule has 3 heterocycles. The molecular weight excluding hydrogens is 428 g/mol. The maximum Gasteiger partial charge on any atom is 0.307 e. The van der Waals surface area contributed by atoms with Crippen LogP contribution in [-0.4, -0.2) is 33.8 Å². The number of carbonyl (C=O) groups is 1. The highest BCUT2D eigenvalue weighted by molar-refractivity contribution is 5.98. The van der Waals surface area contributed by atoms with Crippen LogP contribution in [0.3, 0.4) is 0 Å². The SMILES string of the molecule is Cc1nc2c(ccn2Cc2ccc(F)c(F)c2)c(-c2ccc3c(c2)NCCO3)c1CC(=O)O. The Morgan fingerprint density at radius 3 is 2.82 bits per heavy atom. The second-order valence-corrected chi connectivity index (χ2v) is 8.04. The molecule has 4 aromatic rings. The van der Waals surface area contributed by atoms with E-state index in [0.717, 1.165) is 34.0 Å². The molecule has 0 radical (unpaired) electrons. The topological polar surface area (TPSA) is 76.4 Å². The molecular formula is C25H21F2N3O3. The molecule has 0 aliphatic carbocycles. The molecule has 2 N–H and O–H groups in total. The van der Waals surface area contributed by atoms with Crippen molar-refractivity contribution in [3.8, 4) is 16.9 Å². The van der Waals surface area contributed by atoms with E-state index in [9.17, 15) is 18.7 Å². The lowest BCUT2D eigenvalue weighted by atomic mass is 9.93. The maximum absolute atomic E-state index is 13.7. The average molecular weight is 449 g/mol. The number of hydrogen-bond acceptors (Lipinski definition) is 4. The number of aryl methyl sites for hydroxylation is 1. The normalized spacial score (nSPS) is 12.8. The summed E-state index contributed by atoms with van der Waals surface area (Å²) in [7, 11) is 0. The summed E-state index contributed by atoms with van der Waals surface area (Å²) in [4.78, 5) is 16.3. The van der Waals surface area contributed by atoms with Gasteiger partial charge in [0, 0.05) is 30.4 Å². The minimum Gasteiger partial charge on any atom is -0.490 e. The standard InChI is InChI=1S/C25H21F2N3O3/c1-14-18(12-23(31)32)24(16-3-5-22-21(11-16)28-7-9-33-22)17-6-8-30(25(17)29-14)13-15-2-4-19(26)20(27)10-15/h2-6,8,10-11,28H,7,9,12-13H2,1H3,(H,31,32). The van der Waals surface area contributed by atoms with Crippen molar-refractivity contribution in [3.05, 3.63) is 77.1 Å². The van der Waals surface area contributed by atoms with Crippen LogP contribution in [0, 0.1) is 18.6 Å². The number of ether oxygens (including phenoxy) is 1. The van der Waals surface area contributed by atoms with Gasteiger partial charge in [0.1, 0.15) is 18.0 Å². The van der Waals surface area contributed by atoms with Crippen LogP contribution in [0.15, 0.2) is 48.7 Å². The summed E-state index contributed by atoms with van der Waals surface area (Å²) in [5.74, 6) is -1.99. The van der Waals surface area contributed by atoms with Crippen molar-refractivity contribution in [2.75, 3.05) is 18.5 Å². The Morgan fingerprint density at radius 1 is 1.18 bits per heavy atom. The lowest BCUT2D eigenvalue weighted by molar-refractivity contribution is -0.136. The summed E-state index contributed by atoms with van der Waals surface area (Å²) < 4.78 is 34.6. The second kappa shape index (κ2) is 8.20. The number of rotatable bonds is 5. The number of carboxylic acid groups (broad SMARTS) is 1. The van der Waals surface area contributed by atoms with Gasteiger partial charge in [-0.1, -0.05) is 12.1 Å². The molecule has 5 rings (SSSR count). The summed E-state index contributed by atoms with van der Waals surface area (Å²) in [6, 6.07) is 11.4. The molecule has 6 nitrogen and oxygen atoms in total. The molecule has 168 valence electrons. The summed E-state index contributed by atoms with van der Waals surface area (Å²) in [5.41, 5.74) is 4.97. The molecule has 0 bridgehead atoms. The van der Waals surface area contributed by atoms with Crippen molar-refractivity contribution >= 4 is 22.7 Å². The van der Waals surface area contributed by atoms with E-state index in [1.807, 2.05) is 35.0 Å². The molecule has 2 aromatic carbocycles. The van der Waals surface area contributed by atoms with E-state index in [2.05, 4.69) is 10.3 Å². The van der Waals surface area contributed by atoms with Crippen molar-refractivity contribution in [3.63, 3.8) is 0 Å². The van der Waals surface area contributed by atoms with Crippen LogP contribution in [-0.2, 0) is 17.8 Å². The number of nitrogens with one attached hydrogen (secondary N) is 1. The molecule has 0 saturated carbocycles. The van der Waals surface area contributed by atoms with Gasteiger partial charge in [-0.3, -0.25) is 4.79 Å². The zero-order valence-electron chi connectivity index (χ0n) is 17.9. The fraction of sp³-hybridized carbons (Fsp3) is 0.200. The molecule has 8 heteroatoms. The number of aromatic nitrogens is 2. The maximum atomic E-state index is 13.7. The van der Waals surface area contributed by atoms with E-state index >= 15 is 0 Å². The van der Waals surface area contributed by atoms with Gasteiger partial charge in [-0.25, -0.2) is 13.8 Å². The van der Waals surface area contributed by atoms with Crippen LogP contribution in [0.4, 0.5) is 14.5 Å². The van der Waals surface area contributed by atoms with Crippen LogP contribution in [0.1, 0.15) is 16.8 Å². The third kappa shape index (κ3) is 3.88. The quantitative estimate of drug-likeness (QED) is 0.459. The van der Waals surface area contributed by atoms with Crippen LogP contribution in [0.5, 0.6) is 5.75 Å². The lowest BCUT2D eigenvalue weighted by Crippen LogP contribution is -2.17. The highest BCUT2D eigenvalue weighted by Gasteiger charge is 2.21. The van der Waals surface area contributed by atoms with Crippen molar-refractivity contribution in [2.45, 2.75) is 19.9 Å². The highest BCUT2D eigenvalue weighted by atomic mass is 19.2. The highest BCUT2D eigenvalue weighted by Crippen LogP contribution is 2.38. The van der Waals surface area contributed by atoms with Crippen LogP contribution >= 0.6 is 0 Å². The first-order valence-electron chi connectivity index (χ1n) is 10.6. The molecule has 0 unspecified atom stereocenters. The van der Waals surface area contributed by atoms with Gasteiger partial charge < -0.3 is 19.7 Å². The largest absolute Gasteiger partial charge is 0.490 e. The van der Waals surface area contributed by atoms with Gasteiger partial charge in [0.05, 0.1) is 12.1 Å². The van der Waals surface area contributed by atoms with Gasteiger partial charge in [0.15, 0.2) is 11.6 Å².